The van der Waals surface area contributed by atoms with Crippen molar-refractivity contribution in [2.75, 3.05) is 5.75 Å². The quantitative estimate of drug-likeness (QED) is 0.624. The lowest BCUT2D eigenvalue weighted by Crippen LogP contribution is -2.09. The molecular weight excluding hydrogens is 393 g/mol. The number of nitrogens with zero attached hydrogens (tertiary/aromatic N) is 4. The molecule has 0 aliphatic heterocycles. The second-order valence-electron chi connectivity index (χ2n) is 5.42. The number of halogens is 4. The van der Waals surface area contributed by atoms with E-state index in [0.29, 0.717) is 0 Å². The zero-order valence-corrected chi connectivity index (χ0v) is 15.1. The van der Waals surface area contributed by atoms with Gasteiger partial charge in [-0.2, -0.15) is 13.2 Å². The fourth-order valence-corrected chi connectivity index (χ4v) is 3.59. The molecule has 0 N–H and O–H groups in total. The van der Waals surface area contributed by atoms with Crippen LogP contribution in [0.3, 0.4) is 0 Å². The van der Waals surface area contributed by atoms with Crippen molar-refractivity contribution in [3.8, 4) is 11.5 Å². The largest absolute Gasteiger partial charge is 0.433 e. The molecule has 0 aliphatic carbocycles. The Bertz CT molecular complexity index is 1110. The summed E-state index contributed by atoms with van der Waals surface area (Å²) in [4.78, 5) is 11.7. The van der Waals surface area contributed by atoms with Crippen LogP contribution in [0.15, 0.2) is 29.2 Å². The number of hydrogen-bond donors (Lipinski definition) is 0. The van der Waals surface area contributed by atoms with Crippen molar-refractivity contribution in [1.29, 1.82) is 0 Å². The van der Waals surface area contributed by atoms with Crippen molar-refractivity contribution < 1.29 is 21.6 Å². The molecule has 11 heteroatoms. The molecule has 3 aromatic rings. The van der Waals surface area contributed by atoms with Crippen molar-refractivity contribution in [3.05, 3.63) is 35.1 Å². The average Bonchev–Trinajstić information content (AvgIpc) is 2.90. The summed E-state index contributed by atoms with van der Waals surface area (Å²) in [5.74, 6) is -0.120. The Labute approximate surface area is 151 Å². The third kappa shape index (κ3) is 3.14. The lowest BCUT2D eigenvalue weighted by atomic mass is 10.3. The molecule has 0 amide bonds. The Balaban J connectivity index is 2.30. The highest BCUT2D eigenvalue weighted by atomic mass is 35.5. The van der Waals surface area contributed by atoms with Crippen molar-refractivity contribution in [3.63, 3.8) is 0 Å². The van der Waals surface area contributed by atoms with Crippen molar-refractivity contribution in [2.45, 2.75) is 18.0 Å². The molecule has 138 valence electrons. The Kier molecular flexibility index (Phi) is 4.43. The summed E-state index contributed by atoms with van der Waals surface area (Å²) in [6, 6.07) is 4.62. The lowest BCUT2D eigenvalue weighted by molar-refractivity contribution is -0.141. The number of sulfone groups is 1. The topological polar surface area (TPSA) is 77.7 Å². The molecule has 3 rings (SSSR count). The molecule has 3 aromatic heterocycles. The summed E-state index contributed by atoms with van der Waals surface area (Å²) in [5, 5.41) is 0.0334. The van der Waals surface area contributed by atoms with Gasteiger partial charge in [0.2, 0.25) is 0 Å². The average molecular weight is 405 g/mol. The molecule has 0 unspecified atom stereocenters. The SMILES string of the molecule is CCS(=O)(=O)c1ccc(Cl)nc1-c1nc2ccc(C(F)(F)F)nc2n1C. The van der Waals surface area contributed by atoms with Gasteiger partial charge in [-0.05, 0) is 24.3 Å². The summed E-state index contributed by atoms with van der Waals surface area (Å²) in [7, 11) is -2.22. The van der Waals surface area contributed by atoms with Gasteiger partial charge in [0.05, 0.1) is 10.6 Å². The molecule has 0 saturated heterocycles. The normalized spacial score (nSPS) is 12.7. The highest BCUT2D eigenvalue weighted by Gasteiger charge is 2.33. The van der Waals surface area contributed by atoms with E-state index in [-0.39, 0.29) is 38.5 Å². The first-order valence-electron chi connectivity index (χ1n) is 7.35. The number of aromatic nitrogens is 4. The summed E-state index contributed by atoms with van der Waals surface area (Å²) in [6.07, 6.45) is -4.61. The number of rotatable bonds is 3. The standard InChI is InChI=1S/C15H12ClF3N4O2S/c1-3-26(24,25)9-5-7-11(16)22-12(9)14-20-8-4-6-10(15(17,18)19)21-13(8)23(14)2/h4-7H,3H2,1-2H3. The predicted octanol–water partition coefficient (Wildman–Crippen LogP) is 3.50. The molecule has 0 radical (unpaired) electrons. The van der Waals surface area contributed by atoms with Crippen LogP contribution < -0.4 is 0 Å². The first-order valence-corrected chi connectivity index (χ1v) is 9.38. The van der Waals surface area contributed by atoms with Gasteiger partial charge in [-0.15, -0.1) is 0 Å². The highest BCUT2D eigenvalue weighted by Crippen LogP contribution is 2.32. The first-order chi connectivity index (χ1) is 12.0. The van der Waals surface area contributed by atoms with E-state index >= 15 is 0 Å². The summed E-state index contributed by atoms with van der Waals surface area (Å²) >= 11 is 5.89. The minimum atomic E-state index is -4.61. The van der Waals surface area contributed by atoms with Crippen LogP contribution in [0.1, 0.15) is 12.6 Å². The maximum Gasteiger partial charge on any atom is 0.433 e. The summed E-state index contributed by atoms with van der Waals surface area (Å²) in [5.41, 5.74) is -0.970. The van der Waals surface area contributed by atoms with E-state index in [2.05, 4.69) is 15.0 Å². The Hall–Kier alpha value is -2.20. The fourth-order valence-electron chi connectivity index (χ4n) is 2.42. The first kappa shape index (κ1) is 18.6. The minimum Gasteiger partial charge on any atom is -0.310 e. The van der Waals surface area contributed by atoms with Crippen LogP contribution in [0, 0.1) is 0 Å². The Morgan fingerprint density at radius 1 is 1.12 bits per heavy atom. The Morgan fingerprint density at radius 3 is 2.42 bits per heavy atom. The van der Waals surface area contributed by atoms with Crippen LogP contribution in [0.25, 0.3) is 22.7 Å². The number of fused-ring (bicyclic) bond motifs is 1. The fraction of sp³-hybridized carbons (Fsp3) is 0.267. The Morgan fingerprint density at radius 2 is 1.81 bits per heavy atom. The molecule has 0 saturated carbocycles. The minimum absolute atomic E-state index is 0.0334. The van der Waals surface area contributed by atoms with Gasteiger partial charge < -0.3 is 4.57 Å². The predicted molar refractivity (Wildman–Crippen MR) is 89.5 cm³/mol. The highest BCUT2D eigenvalue weighted by molar-refractivity contribution is 7.91. The van der Waals surface area contributed by atoms with Crippen LogP contribution in [-0.2, 0) is 23.1 Å². The van der Waals surface area contributed by atoms with E-state index < -0.39 is 21.7 Å². The van der Waals surface area contributed by atoms with Crippen LogP contribution in [0.2, 0.25) is 5.15 Å². The van der Waals surface area contributed by atoms with Crippen molar-refractivity contribution in [1.82, 2.24) is 19.5 Å². The molecule has 0 fully saturated rings. The van der Waals surface area contributed by atoms with Crippen LogP contribution in [-0.4, -0.2) is 33.7 Å². The van der Waals surface area contributed by atoms with E-state index in [4.69, 9.17) is 11.6 Å². The maximum absolute atomic E-state index is 12.9. The molecule has 0 spiro atoms. The number of imidazole rings is 1. The van der Waals surface area contributed by atoms with Crippen molar-refractivity contribution in [2.24, 2.45) is 7.05 Å². The van der Waals surface area contributed by atoms with Gasteiger partial charge in [0.15, 0.2) is 21.3 Å². The zero-order valence-electron chi connectivity index (χ0n) is 13.5. The van der Waals surface area contributed by atoms with Gasteiger partial charge in [0.25, 0.3) is 0 Å². The number of alkyl halides is 3. The second kappa shape index (κ2) is 6.20. The van der Waals surface area contributed by atoms with Crippen LogP contribution in [0.5, 0.6) is 0 Å². The third-order valence-corrected chi connectivity index (χ3v) is 5.73. The van der Waals surface area contributed by atoms with Crippen LogP contribution in [0.4, 0.5) is 13.2 Å². The molecule has 0 aromatic carbocycles. The van der Waals surface area contributed by atoms with Gasteiger partial charge in [-0.1, -0.05) is 18.5 Å². The molecular formula is C15H12ClF3N4O2S. The number of aryl methyl sites for hydroxylation is 1. The molecule has 0 atom stereocenters. The number of hydrogen-bond acceptors (Lipinski definition) is 5. The summed E-state index contributed by atoms with van der Waals surface area (Å²) < 4.78 is 64.6. The maximum atomic E-state index is 12.9. The van der Waals surface area contributed by atoms with Gasteiger partial charge in [0.1, 0.15) is 22.1 Å². The van der Waals surface area contributed by atoms with Gasteiger partial charge in [-0.25, -0.2) is 23.4 Å². The third-order valence-electron chi connectivity index (χ3n) is 3.76. The zero-order chi connectivity index (χ0) is 19.3. The summed E-state index contributed by atoms with van der Waals surface area (Å²) in [6.45, 7) is 1.47. The van der Waals surface area contributed by atoms with Gasteiger partial charge in [0, 0.05) is 7.05 Å². The molecule has 0 aliphatic rings. The second-order valence-corrected chi connectivity index (χ2v) is 8.05. The van der Waals surface area contributed by atoms with E-state index in [1.165, 1.54) is 36.7 Å². The van der Waals surface area contributed by atoms with E-state index in [0.717, 1.165) is 6.07 Å². The van der Waals surface area contributed by atoms with Crippen molar-refractivity contribution >= 4 is 32.6 Å². The molecule has 0 bridgehead atoms. The molecule has 3 heterocycles. The van der Waals surface area contributed by atoms with Gasteiger partial charge >= 0.3 is 6.18 Å². The monoisotopic (exact) mass is 404 g/mol. The number of pyridine rings is 2. The molecule has 26 heavy (non-hydrogen) atoms. The smallest absolute Gasteiger partial charge is 0.310 e. The lowest BCUT2D eigenvalue weighted by Gasteiger charge is -2.09. The van der Waals surface area contributed by atoms with Gasteiger partial charge in [-0.3, -0.25) is 0 Å². The van der Waals surface area contributed by atoms with E-state index in [9.17, 15) is 21.6 Å². The van der Waals surface area contributed by atoms with Crippen LogP contribution >= 0.6 is 11.6 Å². The molecule has 6 nitrogen and oxygen atoms in total. The van der Waals surface area contributed by atoms with E-state index in [1.54, 1.807) is 0 Å². The van der Waals surface area contributed by atoms with E-state index in [1.807, 2.05) is 0 Å².